The SMILES string of the molecule is Cc1ccc(NC(=O)CNC(=O)CSCC(=O)Nc2cccc(Br)c2)c(Cl)c1. The molecule has 148 valence electrons. The summed E-state index contributed by atoms with van der Waals surface area (Å²) in [5, 5.41) is 8.33. The van der Waals surface area contributed by atoms with Crippen molar-refractivity contribution < 1.29 is 14.4 Å². The summed E-state index contributed by atoms with van der Waals surface area (Å²) in [7, 11) is 0. The molecule has 0 saturated heterocycles. The Morgan fingerprint density at radius 3 is 2.46 bits per heavy atom. The lowest BCUT2D eigenvalue weighted by Crippen LogP contribution is -2.34. The molecule has 0 fully saturated rings. The van der Waals surface area contributed by atoms with Crippen LogP contribution in [-0.2, 0) is 14.4 Å². The lowest BCUT2D eigenvalue weighted by Gasteiger charge is -2.09. The van der Waals surface area contributed by atoms with Gasteiger partial charge in [0.1, 0.15) is 0 Å². The first-order chi connectivity index (χ1) is 13.3. The molecular weight excluding hydrogens is 466 g/mol. The molecule has 3 amide bonds. The molecule has 3 N–H and O–H groups in total. The van der Waals surface area contributed by atoms with Gasteiger partial charge in [-0.2, -0.15) is 0 Å². The van der Waals surface area contributed by atoms with Crippen molar-refractivity contribution in [2.75, 3.05) is 28.7 Å². The van der Waals surface area contributed by atoms with Gasteiger partial charge in [0, 0.05) is 10.2 Å². The number of amides is 3. The van der Waals surface area contributed by atoms with E-state index in [4.69, 9.17) is 11.6 Å². The number of rotatable bonds is 8. The van der Waals surface area contributed by atoms with Gasteiger partial charge in [-0.1, -0.05) is 39.7 Å². The summed E-state index contributed by atoms with van der Waals surface area (Å²) < 4.78 is 0.863. The minimum absolute atomic E-state index is 0.0739. The molecule has 0 unspecified atom stereocenters. The molecule has 0 saturated carbocycles. The Labute approximate surface area is 180 Å². The smallest absolute Gasteiger partial charge is 0.243 e. The van der Waals surface area contributed by atoms with Crippen LogP contribution in [0.15, 0.2) is 46.9 Å². The van der Waals surface area contributed by atoms with E-state index < -0.39 is 0 Å². The van der Waals surface area contributed by atoms with E-state index in [1.165, 1.54) is 0 Å². The standard InChI is InChI=1S/C19H19BrClN3O3S/c1-12-5-6-16(15(21)7-12)24-17(25)9-22-18(26)10-28-11-19(27)23-14-4-2-3-13(20)8-14/h2-8H,9-11H2,1H3,(H,22,26)(H,23,27)(H,24,25). The first kappa shape index (κ1) is 22.3. The highest BCUT2D eigenvalue weighted by Crippen LogP contribution is 2.22. The maximum Gasteiger partial charge on any atom is 0.243 e. The number of hydrogen-bond acceptors (Lipinski definition) is 4. The highest BCUT2D eigenvalue weighted by molar-refractivity contribution is 9.10. The van der Waals surface area contributed by atoms with Gasteiger partial charge in [-0.05, 0) is 42.8 Å². The van der Waals surface area contributed by atoms with Crippen molar-refractivity contribution in [2.24, 2.45) is 0 Å². The van der Waals surface area contributed by atoms with Gasteiger partial charge in [0.05, 0.1) is 28.8 Å². The van der Waals surface area contributed by atoms with Crippen LogP contribution in [0.4, 0.5) is 11.4 Å². The van der Waals surface area contributed by atoms with Crippen LogP contribution in [0.2, 0.25) is 5.02 Å². The van der Waals surface area contributed by atoms with Crippen molar-refractivity contribution in [1.29, 1.82) is 0 Å². The molecule has 0 aromatic heterocycles. The summed E-state index contributed by atoms with van der Waals surface area (Å²) in [6.45, 7) is 1.72. The molecule has 2 rings (SSSR count). The lowest BCUT2D eigenvalue weighted by molar-refractivity contribution is -0.122. The predicted molar refractivity (Wildman–Crippen MR) is 118 cm³/mol. The summed E-state index contributed by atoms with van der Waals surface area (Å²) in [4.78, 5) is 35.6. The Hall–Kier alpha value is -2.03. The fraction of sp³-hybridized carbons (Fsp3) is 0.211. The molecule has 0 aliphatic rings. The Bertz CT molecular complexity index is 879. The van der Waals surface area contributed by atoms with Crippen molar-refractivity contribution in [2.45, 2.75) is 6.92 Å². The van der Waals surface area contributed by atoms with E-state index in [1.807, 2.05) is 25.1 Å². The third-order valence-corrected chi connectivity index (χ3v) is 5.16. The first-order valence-electron chi connectivity index (χ1n) is 8.29. The average Bonchev–Trinajstić information content (AvgIpc) is 2.62. The molecule has 2 aromatic carbocycles. The maximum absolute atomic E-state index is 11.9. The molecule has 0 heterocycles. The van der Waals surface area contributed by atoms with Crippen molar-refractivity contribution in [3.8, 4) is 0 Å². The molecule has 0 spiro atoms. The number of carbonyl (C=O) groups excluding carboxylic acids is 3. The number of nitrogens with one attached hydrogen (secondary N) is 3. The Morgan fingerprint density at radius 2 is 1.75 bits per heavy atom. The van der Waals surface area contributed by atoms with E-state index in [0.29, 0.717) is 16.4 Å². The predicted octanol–water partition coefficient (Wildman–Crippen LogP) is 3.84. The first-order valence-corrected chi connectivity index (χ1v) is 10.6. The van der Waals surface area contributed by atoms with Crippen LogP contribution in [0.25, 0.3) is 0 Å². The van der Waals surface area contributed by atoms with Crippen LogP contribution in [0.5, 0.6) is 0 Å². The van der Waals surface area contributed by atoms with Crippen LogP contribution in [0, 0.1) is 6.92 Å². The Morgan fingerprint density at radius 1 is 1.00 bits per heavy atom. The quantitative estimate of drug-likeness (QED) is 0.531. The molecule has 9 heteroatoms. The van der Waals surface area contributed by atoms with Crippen LogP contribution in [0.1, 0.15) is 5.56 Å². The van der Waals surface area contributed by atoms with E-state index >= 15 is 0 Å². The monoisotopic (exact) mass is 483 g/mol. The van der Waals surface area contributed by atoms with E-state index in [-0.39, 0.29) is 35.8 Å². The van der Waals surface area contributed by atoms with Gasteiger partial charge in [-0.3, -0.25) is 14.4 Å². The highest BCUT2D eigenvalue weighted by atomic mass is 79.9. The zero-order chi connectivity index (χ0) is 20.5. The van der Waals surface area contributed by atoms with Crippen molar-refractivity contribution in [3.63, 3.8) is 0 Å². The molecule has 6 nitrogen and oxygen atoms in total. The Kier molecular flexibility index (Phi) is 8.82. The second-order valence-corrected chi connectivity index (χ2v) is 8.17. The molecule has 0 aliphatic carbocycles. The summed E-state index contributed by atoms with van der Waals surface area (Å²) in [5.74, 6) is -0.708. The summed E-state index contributed by atoms with van der Waals surface area (Å²) >= 11 is 10.6. The van der Waals surface area contributed by atoms with Crippen LogP contribution in [-0.4, -0.2) is 35.8 Å². The number of hydrogen-bond donors (Lipinski definition) is 3. The molecule has 28 heavy (non-hydrogen) atoms. The molecule has 0 atom stereocenters. The number of anilines is 2. The lowest BCUT2D eigenvalue weighted by atomic mass is 10.2. The number of thioether (sulfide) groups is 1. The van der Waals surface area contributed by atoms with Gasteiger partial charge in [0.15, 0.2) is 0 Å². The fourth-order valence-electron chi connectivity index (χ4n) is 2.15. The number of aryl methyl sites for hydroxylation is 1. The van der Waals surface area contributed by atoms with Gasteiger partial charge >= 0.3 is 0 Å². The van der Waals surface area contributed by atoms with E-state index in [2.05, 4.69) is 31.9 Å². The minimum atomic E-state index is -0.378. The molecule has 0 bridgehead atoms. The molecular formula is C19H19BrClN3O3S. The summed E-state index contributed by atoms with van der Waals surface area (Å²) in [5.41, 5.74) is 2.15. The second kappa shape index (κ2) is 11.1. The second-order valence-electron chi connectivity index (χ2n) is 5.86. The summed E-state index contributed by atoms with van der Waals surface area (Å²) in [6.07, 6.45) is 0. The maximum atomic E-state index is 11.9. The van der Waals surface area contributed by atoms with Gasteiger partial charge in [-0.25, -0.2) is 0 Å². The molecule has 2 aromatic rings. The van der Waals surface area contributed by atoms with E-state index in [1.54, 1.807) is 24.3 Å². The van der Waals surface area contributed by atoms with E-state index in [9.17, 15) is 14.4 Å². The van der Waals surface area contributed by atoms with Gasteiger partial charge < -0.3 is 16.0 Å². The minimum Gasteiger partial charge on any atom is -0.346 e. The molecule has 0 radical (unpaired) electrons. The number of halogens is 2. The third kappa shape index (κ3) is 7.92. The summed E-state index contributed by atoms with van der Waals surface area (Å²) in [6, 6.07) is 12.5. The normalized spacial score (nSPS) is 10.2. The average molecular weight is 485 g/mol. The Balaban J connectivity index is 1.65. The van der Waals surface area contributed by atoms with Crippen LogP contribution in [0.3, 0.4) is 0 Å². The largest absolute Gasteiger partial charge is 0.346 e. The van der Waals surface area contributed by atoms with Crippen LogP contribution < -0.4 is 16.0 Å². The van der Waals surface area contributed by atoms with E-state index in [0.717, 1.165) is 21.8 Å². The van der Waals surface area contributed by atoms with Gasteiger partial charge in [0.2, 0.25) is 17.7 Å². The van der Waals surface area contributed by atoms with Crippen LogP contribution >= 0.6 is 39.3 Å². The van der Waals surface area contributed by atoms with Gasteiger partial charge in [0.25, 0.3) is 0 Å². The molecule has 0 aliphatic heterocycles. The number of carbonyl (C=O) groups is 3. The topological polar surface area (TPSA) is 87.3 Å². The zero-order valence-corrected chi connectivity index (χ0v) is 18.2. The van der Waals surface area contributed by atoms with Gasteiger partial charge in [-0.15, -0.1) is 11.8 Å². The highest BCUT2D eigenvalue weighted by Gasteiger charge is 2.10. The van der Waals surface area contributed by atoms with Crippen molar-refractivity contribution in [1.82, 2.24) is 5.32 Å². The number of benzene rings is 2. The fourth-order valence-corrected chi connectivity index (χ4v) is 3.47. The third-order valence-electron chi connectivity index (χ3n) is 3.42. The van der Waals surface area contributed by atoms with Crippen molar-refractivity contribution >= 4 is 68.4 Å². The zero-order valence-electron chi connectivity index (χ0n) is 15.1. The van der Waals surface area contributed by atoms with Crippen molar-refractivity contribution in [3.05, 3.63) is 57.5 Å².